The molecule has 7 nitrogen and oxygen atoms in total. The molecule has 1 aromatic carbocycles. The minimum atomic E-state index is -0.593. The first-order valence-electron chi connectivity index (χ1n) is 5.99. The molecule has 0 amide bonds. The van der Waals surface area contributed by atoms with Crippen LogP contribution in [0.5, 0.6) is 0 Å². The van der Waals surface area contributed by atoms with Crippen LogP contribution in [-0.2, 0) is 0 Å². The Balaban J connectivity index is 3.56. The van der Waals surface area contributed by atoms with E-state index in [4.69, 9.17) is 0 Å². The van der Waals surface area contributed by atoms with Gasteiger partial charge in [-0.05, 0) is 32.8 Å². The number of benzene rings is 1. The topological polar surface area (TPSA) is 98.3 Å². The second kappa shape index (κ2) is 5.64. The Labute approximate surface area is 110 Å². The lowest BCUT2D eigenvalue weighted by molar-refractivity contribution is -0.392. The monoisotopic (exact) mass is 267 g/mol. The molecule has 0 radical (unpaired) electrons. The Kier molecular flexibility index (Phi) is 4.42. The lowest BCUT2D eigenvalue weighted by Gasteiger charge is -2.15. The van der Waals surface area contributed by atoms with Gasteiger partial charge in [0, 0.05) is 17.7 Å². The summed E-state index contributed by atoms with van der Waals surface area (Å²) in [5.74, 6) is 0. The summed E-state index contributed by atoms with van der Waals surface area (Å²) in [7, 11) is 0. The molecule has 1 rings (SSSR count). The van der Waals surface area contributed by atoms with Crippen LogP contribution in [0.15, 0.2) is 6.07 Å². The van der Waals surface area contributed by atoms with Crippen LogP contribution in [0.2, 0.25) is 0 Å². The maximum atomic E-state index is 11.2. The molecule has 1 N–H and O–H groups in total. The summed E-state index contributed by atoms with van der Waals surface area (Å²) in [6, 6.07) is 1.28. The summed E-state index contributed by atoms with van der Waals surface area (Å²) < 4.78 is 0. The summed E-state index contributed by atoms with van der Waals surface area (Å²) in [5, 5.41) is 25.1. The Hall–Kier alpha value is -2.18. The first-order chi connectivity index (χ1) is 8.79. The third kappa shape index (κ3) is 2.98. The number of aryl methyl sites for hydroxylation is 1. The molecule has 0 saturated carbocycles. The Morgan fingerprint density at radius 2 is 1.84 bits per heavy atom. The van der Waals surface area contributed by atoms with Gasteiger partial charge in [0.15, 0.2) is 5.69 Å². The van der Waals surface area contributed by atoms with Crippen molar-refractivity contribution in [2.75, 3.05) is 5.32 Å². The molecule has 7 heteroatoms. The predicted molar refractivity (Wildman–Crippen MR) is 72.6 cm³/mol. The van der Waals surface area contributed by atoms with E-state index < -0.39 is 9.85 Å². The van der Waals surface area contributed by atoms with E-state index >= 15 is 0 Å². The second-order valence-corrected chi connectivity index (χ2v) is 4.53. The van der Waals surface area contributed by atoms with E-state index in [0.717, 1.165) is 0 Å². The minimum absolute atomic E-state index is 0.00699. The molecule has 0 bridgehead atoms. The number of anilines is 1. The van der Waals surface area contributed by atoms with Gasteiger partial charge in [-0.25, -0.2) is 0 Å². The smallest absolute Gasteiger partial charge is 0.302 e. The average Bonchev–Trinajstić information content (AvgIpc) is 2.32. The van der Waals surface area contributed by atoms with Gasteiger partial charge in [-0.3, -0.25) is 20.2 Å². The second-order valence-electron chi connectivity index (χ2n) is 4.53. The molecule has 0 aliphatic rings. The highest BCUT2D eigenvalue weighted by molar-refractivity contribution is 5.77. The standard InChI is InChI=1S/C12H17N3O4/c1-5-8(3)13-11-10(14(16)17)6-7(2)9(4)12(11)15(18)19/h6,8,13H,5H2,1-4H3. The van der Waals surface area contributed by atoms with Crippen LogP contribution < -0.4 is 5.32 Å². The van der Waals surface area contributed by atoms with Crippen LogP contribution in [0.3, 0.4) is 0 Å². The van der Waals surface area contributed by atoms with Crippen LogP contribution in [0.1, 0.15) is 31.4 Å². The van der Waals surface area contributed by atoms with Crippen molar-refractivity contribution in [1.82, 2.24) is 0 Å². The third-order valence-electron chi connectivity index (χ3n) is 3.18. The highest BCUT2D eigenvalue weighted by Crippen LogP contribution is 2.39. The molecule has 0 aromatic heterocycles. The molecule has 1 unspecified atom stereocenters. The molecule has 0 aliphatic heterocycles. The van der Waals surface area contributed by atoms with E-state index in [0.29, 0.717) is 17.5 Å². The number of nitrogens with zero attached hydrogens (tertiary/aromatic N) is 2. The highest BCUT2D eigenvalue weighted by atomic mass is 16.6. The number of nitrogens with one attached hydrogen (secondary N) is 1. The number of rotatable bonds is 5. The Bertz CT molecular complexity index is 528. The van der Waals surface area contributed by atoms with Gasteiger partial charge < -0.3 is 5.32 Å². The van der Waals surface area contributed by atoms with Crippen LogP contribution in [-0.4, -0.2) is 15.9 Å². The number of nitro benzene ring substituents is 2. The fourth-order valence-electron chi connectivity index (χ4n) is 1.74. The van der Waals surface area contributed by atoms with Crippen molar-refractivity contribution in [2.24, 2.45) is 0 Å². The van der Waals surface area contributed by atoms with Crippen molar-refractivity contribution >= 4 is 17.1 Å². The van der Waals surface area contributed by atoms with E-state index in [1.807, 2.05) is 13.8 Å². The maximum absolute atomic E-state index is 11.2. The van der Waals surface area contributed by atoms with Gasteiger partial charge in [0.25, 0.3) is 5.69 Å². The van der Waals surface area contributed by atoms with Crippen molar-refractivity contribution in [3.05, 3.63) is 37.4 Å². The summed E-state index contributed by atoms with van der Waals surface area (Å²) in [6.45, 7) is 6.94. The summed E-state index contributed by atoms with van der Waals surface area (Å²) in [5.41, 5.74) is 0.504. The minimum Gasteiger partial charge on any atom is -0.371 e. The number of hydrogen-bond donors (Lipinski definition) is 1. The molecule has 0 saturated heterocycles. The molecule has 0 aliphatic carbocycles. The van der Waals surface area contributed by atoms with Gasteiger partial charge >= 0.3 is 5.69 Å². The van der Waals surface area contributed by atoms with E-state index in [2.05, 4.69) is 5.32 Å². The van der Waals surface area contributed by atoms with Crippen molar-refractivity contribution in [3.8, 4) is 0 Å². The molecule has 1 atom stereocenters. The zero-order chi connectivity index (χ0) is 14.7. The first-order valence-corrected chi connectivity index (χ1v) is 5.99. The average molecular weight is 267 g/mol. The van der Waals surface area contributed by atoms with Crippen LogP contribution in [0.4, 0.5) is 17.1 Å². The van der Waals surface area contributed by atoms with Crippen molar-refractivity contribution in [3.63, 3.8) is 0 Å². The van der Waals surface area contributed by atoms with Gasteiger partial charge in [0.2, 0.25) is 0 Å². The van der Waals surface area contributed by atoms with E-state index in [1.165, 1.54) is 6.07 Å². The zero-order valence-electron chi connectivity index (χ0n) is 11.4. The molecule has 0 heterocycles. The summed E-state index contributed by atoms with van der Waals surface area (Å²) >= 11 is 0. The molecule has 0 fully saturated rings. The largest absolute Gasteiger partial charge is 0.371 e. The summed E-state index contributed by atoms with van der Waals surface area (Å²) in [6.07, 6.45) is 0.710. The van der Waals surface area contributed by atoms with Gasteiger partial charge in [-0.2, -0.15) is 0 Å². The molecule has 104 valence electrons. The molecular weight excluding hydrogens is 250 g/mol. The molecular formula is C12H17N3O4. The SMILES string of the molecule is CCC(C)Nc1c([N+](=O)[O-])cc(C)c(C)c1[N+](=O)[O-]. The van der Waals surface area contributed by atoms with Crippen LogP contribution >= 0.6 is 0 Å². The van der Waals surface area contributed by atoms with Gasteiger partial charge in [-0.1, -0.05) is 6.92 Å². The van der Waals surface area contributed by atoms with Crippen molar-refractivity contribution in [2.45, 2.75) is 40.2 Å². The van der Waals surface area contributed by atoms with Crippen molar-refractivity contribution < 1.29 is 9.85 Å². The van der Waals surface area contributed by atoms with Gasteiger partial charge in [-0.15, -0.1) is 0 Å². The lowest BCUT2D eigenvalue weighted by atomic mass is 10.0. The predicted octanol–water partition coefficient (Wildman–Crippen LogP) is 3.33. The van der Waals surface area contributed by atoms with E-state index in [-0.39, 0.29) is 23.1 Å². The Morgan fingerprint density at radius 3 is 2.26 bits per heavy atom. The van der Waals surface area contributed by atoms with Crippen LogP contribution in [0, 0.1) is 34.1 Å². The first kappa shape index (κ1) is 14.9. The number of nitro groups is 2. The fourth-order valence-corrected chi connectivity index (χ4v) is 1.74. The quantitative estimate of drug-likeness (QED) is 0.651. The number of hydrogen-bond acceptors (Lipinski definition) is 5. The summed E-state index contributed by atoms with van der Waals surface area (Å²) in [4.78, 5) is 21.1. The molecule has 1 aromatic rings. The van der Waals surface area contributed by atoms with Crippen LogP contribution in [0.25, 0.3) is 0 Å². The van der Waals surface area contributed by atoms with E-state index in [9.17, 15) is 20.2 Å². The fraction of sp³-hybridized carbons (Fsp3) is 0.500. The normalized spacial score (nSPS) is 12.0. The zero-order valence-corrected chi connectivity index (χ0v) is 11.4. The Morgan fingerprint density at radius 1 is 1.26 bits per heavy atom. The highest BCUT2D eigenvalue weighted by Gasteiger charge is 2.29. The van der Waals surface area contributed by atoms with Crippen molar-refractivity contribution in [1.29, 1.82) is 0 Å². The molecule has 19 heavy (non-hydrogen) atoms. The lowest BCUT2D eigenvalue weighted by Crippen LogP contribution is -2.16. The van der Waals surface area contributed by atoms with Gasteiger partial charge in [0.1, 0.15) is 0 Å². The van der Waals surface area contributed by atoms with E-state index in [1.54, 1.807) is 13.8 Å². The molecule has 0 spiro atoms. The van der Waals surface area contributed by atoms with Gasteiger partial charge in [0.05, 0.1) is 9.85 Å². The third-order valence-corrected chi connectivity index (χ3v) is 3.18. The maximum Gasteiger partial charge on any atom is 0.302 e.